The summed E-state index contributed by atoms with van der Waals surface area (Å²) in [6.45, 7) is 4.18. The average Bonchev–Trinajstić information content (AvgIpc) is 3.16. The Morgan fingerprint density at radius 2 is 1.97 bits per heavy atom. The van der Waals surface area contributed by atoms with Crippen LogP contribution in [0, 0.1) is 5.82 Å². The van der Waals surface area contributed by atoms with E-state index in [0.29, 0.717) is 35.7 Å². The molecule has 35 heavy (non-hydrogen) atoms. The first-order valence-corrected chi connectivity index (χ1v) is 10.8. The highest BCUT2D eigenvalue weighted by Gasteiger charge is 2.38. The number of nitrogens with one attached hydrogen (secondary N) is 3. The Hall–Kier alpha value is -3.60. The zero-order chi connectivity index (χ0) is 25.4. The molecule has 4 rings (SSSR count). The van der Waals surface area contributed by atoms with Crippen molar-refractivity contribution >= 4 is 17.3 Å². The van der Waals surface area contributed by atoms with E-state index in [4.69, 9.17) is 9.47 Å². The van der Waals surface area contributed by atoms with Crippen LogP contribution in [0.5, 0.6) is 5.75 Å². The normalized spacial score (nSPS) is 13.9. The number of aromatic nitrogens is 2. The predicted molar refractivity (Wildman–Crippen MR) is 121 cm³/mol. The van der Waals surface area contributed by atoms with Gasteiger partial charge in [-0.05, 0) is 32.0 Å². The zero-order valence-electron chi connectivity index (χ0n) is 19.3. The lowest BCUT2D eigenvalue weighted by molar-refractivity contribution is -0.139. The molecule has 7 nitrogen and oxygen atoms in total. The number of rotatable bonds is 7. The number of aromatic amines is 1. The number of nitrogens with zero attached hydrogens (tertiary/aromatic N) is 1. The average molecular weight is 492 g/mol. The number of anilines is 2. The number of methoxy groups -OCH3 is 1. The summed E-state index contributed by atoms with van der Waals surface area (Å²) in [6, 6.07) is 4.63. The van der Waals surface area contributed by atoms with Crippen molar-refractivity contribution in [1.82, 2.24) is 15.3 Å². The first-order chi connectivity index (χ1) is 16.5. The lowest BCUT2D eigenvalue weighted by Gasteiger charge is -2.23. The quantitative estimate of drug-likeness (QED) is 0.401. The van der Waals surface area contributed by atoms with Gasteiger partial charge in [0.15, 0.2) is 0 Å². The number of carbonyl (C=O) groups excluding carboxylic acids is 1. The van der Waals surface area contributed by atoms with Gasteiger partial charge in [0.05, 0.1) is 34.4 Å². The van der Waals surface area contributed by atoms with Crippen molar-refractivity contribution in [2.75, 3.05) is 25.6 Å². The van der Waals surface area contributed by atoms with Crippen molar-refractivity contribution in [3.63, 3.8) is 0 Å². The van der Waals surface area contributed by atoms with E-state index in [-0.39, 0.29) is 17.9 Å². The molecule has 0 saturated carbocycles. The first-order valence-electron chi connectivity index (χ1n) is 10.8. The number of H-pyrrole nitrogens is 1. The van der Waals surface area contributed by atoms with Crippen LogP contribution < -0.4 is 15.4 Å². The van der Waals surface area contributed by atoms with Crippen molar-refractivity contribution in [1.29, 1.82) is 0 Å². The number of ether oxygens (including phenoxy) is 2. The van der Waals surface area contributed by atoms with Crippen LogP contribution in [-0.4, -0.2) is 41.7 Å². The van der Waals surface area contributed by atoms with Crippen LogP contribution in [0.15, 0.2) is 36.7 Å². The Morgan fingerprint density at radius 1 is 1.20 bits per heavy atom. The summed E-state index contributed by atoms with van der Waals surface area (Å²) in [5.74, 6) is -1.55. The van der Waals surface area contributed by atoms with Gasteiger partial charge in [0.25, 0.3) is 5.91 Å². The highest BCUT2D eigenvalue weighted by Crippen LogP contribution is 2.43. The van der Waals surface area contributed by atoms with Crippen LogP contribution in [0.4, 0.5) is 28.9 Å². The molecule has 0 radical (unpaired) electrons. The van der Waals surface area contributed by atoms with Gasteiger partial charge in [0.1, 0.15) is 23.7 Å². The fourth-order valence-corrected chi connectivity index (χ4v) is 3.77. The Kier molecular flexibility index (Phi) is 6.46. The van der Waals surface area contributed by atoms with Gasteiger partial charge in [0, 0.05) is 37.5 Å². The molecule has 1 aliphatic rings. The third kappa shape index (κ3) is 4.95. The third-order valence-electron chi connectivity index (χ3n) is 5.70. The molecule has 0 aliphatic carbocycles. The van der Waals surface area contributed by atoms with E-state index < -0.39 is 34.8 Å². The van der Waals surface area contributed by atoms with E-state index in [1.54, 1.807) is 13.2 Å². The molecule has 11 heteroatoms. The van der Waals surface area contributed by atoms with Crippen LogP contribution in [0.2, 0.25) is 0 Å². The van der Waals surface area contributed by atoms with E-state index in [2.05, 4.69) is 20.6 Å². The van der Waals surface area contributed by atoms with Gasteiger partial charge in [-0.3, -0.25) is 9.78 Å². The van der Waals surface area contributed by atoms with Gasteiger partial charge >= 0.3 is 6.18 Å². The first kappa shape index (κ1) is 24.5. The molecule has 3 heterocycles. The van der Waals surface area contributed by atoms with Gasteiger partial charge in [-0.25, -0.2) is 4.39 Å². The van der Waals surface area contributed by atoms with Crippen molar-refractivity contribution in [3.8, 4) is 17.0 Å². The molecule has 1 aromatic carbocycles. The summed E-state index contributed by atoms with van der Waals surface area (Å²) in [4.78, 5) is 20.0. The number of carbonyl (C=O) groups is 1. The molecule has 0 spiro atoms. The molecular formula is C24H24F4N4O3. The number of hydrogen-bond acceptors (Lipinski definition) is 5. The number of fused-ring (bicyclic) bond motifs is 1. The minimum atomic E-state index is -4.96. The second-order valence-electron chi connectivity index (χ2n) is 8.64. The van der Waals surface area contributed by atoms with Gasteiger partial charge in [-0.2, -0.15) is 13.2 Å². The molecule has 1 amide bonds. The van der Waals surface area contributed by atoms with Crippen LogP contribution >= 0.6 is 0 Å². The number of halogens is 4. The van der Waals surface area contributed by atoms with Gasteiger partial charge in [-0.1, -0.05) is 6.07 Å². The highest BCUT2D eigenvalue weighted by atomic mass is 19.4. The maximum absolute atomic E-state index is 14.2. The molecule has 186 valence electrons. The topological polar surface area (TPSA) is 88.3 Å². The molecule has 0 fully saturated rings. The number of pyridine rings is 1. The summed E-state index contributed by atoms with van der Waals surface area (Å²) in [6.07, 6.45) is -1.56. The maximum Gasteiger partial charge on any atom is 0.421 e. The molecule has 1 aliphatic heterocycles. The summed E-state index contributed by atoms with van der Waals surface area (Å²) in [5, 5.41) is 5.38. The smallest absolute Gasteiger partial charge is 0.421 e. The van der Waals surface area contributed by atoms with Crippen LogP contribution in [0.25, 0.3) is 11.3 Å². The van der Waals surface area contributed by atoms with Crippen LogP contribution in [0.3, 0.4) is 0 Å². The number of benzene rings is 1. The standard InChI is InChI=1S/C24H24F4N4O3/c1-23(2,34-3)12-35-17-11-29-9-7-13(17)20-21(18-15(31-20)8-10-30-22(18)33)32-16-6-4-5-14(25)19(16)24(26,27)28/h4-7,9,11,31-32H,8,10,12H2,1-3H3,(H,30,33). The molecule has 0 saturated heterocycles. The SMILES string of the molecule is COC(C)(C)COc1cnccc1-c1[nH]c2c(c1Nc1cccc(F)c1C(F)(F)F)C(=O)NCC2. The van der Waals surface area contributed by atoms with Crippen molar-refractivity contribution in [2.45, 2.75) is 32.0 Å². The largest absolute Gasteiger partial charge is 0.488 e. The summed E-state index contributed by atoms with van der Waals surface area (Å²) >= 11 is 0. The van der Waals surface area contributed by atoms with E-state index in [0.717, 1.165) is 12.1 Å². The van der Waals surface area contributed by atoms with Crippen molar-refractivity contribution in [2.24, 2.45) is 0 Å². The predicted octanol–water partition coefficient (Wildman–Crippen LogP) is 5.07. The molecule has 3 aromatic rings. The summed E-state index contributed by atoms with van der Waals surface area (Å²) in [7, 11) is 1.55. The maximum atomic E-state index is 14.2. The van der Waals surface area contributed by atoms with Gasteiger partial charge < -0.3 is 25.1 Å². The van der Waals surface area contributed by atoms with Crippen LogP contribution in [0.1, 0.15) is 35.5 Å². The minimum Gasteiger partial charge on any atom is -0.488 e. The van der Waals surface area contributed by atoms with E-state index >= 15 is 0 Å². The fraction of sp³-hybridized carbons (Fsp3) is 0.333. The fourth-order valence-electron chi connectivity index (χ4n) is 3.77. The number of alkyl halides is 3. The minimum absolute atomic E-state index is 0.0790. The summed E-state index contributed by atoms with van der Waals surface area (Å²) in [5.41, 5.74) is -1.04. The monoisotopic (exact) mass is 492 g/mol. The van der Waals surface area contributed by atoms with E-state index in [1.807, 2.05) is 13.8 Å². The highest BCUT2D eigenvalue weighted by molar-refractivity contribution is 6.06. The lowest BCUT2D eigenvalue weighted by atomic mass is 10.0. The van der Waals surface area contributed by atoms with E-state index in [9.17, 15) is 22.4 Å². The Balaban J connectivity index is 1.86. The number of hydrogen-bond donors (Lipinski definition) is 3. The molecule has 2 aromatic heterocycles. The molecular weight excluding hydrogens is 468 g/mol. The van der Waals surface area contributed by atoms with Crippen molar-refractivity contribution < 1.29 is 31.8 Å². The molecule has 0 unspecified atom stereocenters. The van der Waals surface area contributed by atoms with Crippen LogP contribution in [-0.2, 0) is 17.3 Å². The third-order valence-corrected chi connectivity index (χ3v) is 5.70. The second kappa shape index (κ2) is 9.21. The summed E-state index contributed by atoms with van der Waals surface area (Å²) < 4.78 is 66.6. The lowest BCUT2D eigenvalue weighted by Crippen LogP contribution is -2.31. The molecule has 0 bridgehead atoms. The van der Waals surface area contributed by atoms with Crippen molar-refractivity contribution in [3.05, 3.63) is 59.3 Å². The zero-order valence-corrected chi connectivity index (χ0v) is 19.3. The van der Waals surface area contributed by atoms with E-state index in [1.165, 1.54) is 18.5 Å². The Morgan fingerprint density at radius 3 is 2.69 bits per heavy atom. The van der Waals surface area contributed by atoms with Gasteiger partial charge in [0.2, 0.25) is 0 Å². The second-order valence-corrected chi connectivity index (χ2v) is 8.64. The molecule has 0 atom stereocenters. The molecule has 3 N–H and O–H groups in total. The van der Waals surface area contributed by atoms with Gasteiger partial charge in [-0.15, -0.1) is 0 Å². The number of amides is 1. The Labute approximate surface area is 198 Å². The Bertz CT molecular complexity index is 1250.